The molecule has 0 saturated carbocycles. The number of aromatic nitrogens is 2. The highest BCUT2D eigenvalue weighted by molar-refractivity contribution is 7.92. The van der Waals surface area contributed by atoms with Gasteiger partial charge in [-0.2, -0.15) is 0 Å². The standard InChI is InChI=1S/C19H20N4O3S/c1-3-12-22-13-23(27(24,25)15-10-8-14(26-2)9-11-15)19-18(22)20-16-6-4-5-7-17(16)21-19/h4-11H,3,12-13H2,1-2H3. The summed E-state index contributed by atoms with van der Waals surface area (Å²) in [6.45, 7) is 2.96. The lowest BCUT2D eigenvalue weighted by molar-refractivity contribution is 0.414. The zero-order valence-corrected chi connectivity index (χ0v) is 16.0. The first-order chi connectivity index (χ1) is 13.0. The van der Waals surface area contributed by atoms with E-state index in [1.807, 2.05) is 29.2 Å². The van der Waals surface area contributed by atoms with Crippen LogP contribution >= 0.6 is 0 Å². The SMILES string of the molecule is CCCN1CN(S(=O)(=O)c2ccc(OC)cc2)c2nc3ccccc3nc21. The molecule has 7 nitrogen and oxygen atoms in total. The van der Waals surface area contributed by atoms with E-state index in [0.29, 0.717) is 29.4 Å². The molecule has 0 aliphatic carbocycles. The third kappa shape index (κ3) is 2.95. The number of methoxy groups -OCH3 is 1. The Hall–Kier alpha value is -2.87. The Morgan fingerprint density at radius 2 is 1.63 bits per heavy atom. The predicted molar refractivity (Wildman–Crippen MR) is 105 cm³/mol. The molecule has 0 amide bonds. The lowest BCUT2D eigenvalue weighted by atomic mass is 10.3. The van der Waals surface area contributed by atoms with Crippen LogP contribution in [0.4, 0.5) is 11.6 Å². The van der Waals surface area contributed by atoms with Crippen molar-refractivity contribution < 1.29 is 13.2 Å². The summed E-state index contributed by atoms with van der Waals surface area (Å²) in [5.41, 5.74) is 1.42. The number of hydrogen-bond donors (Lipinski definition) is 0. The first kappa shape index (κ1) is 17.5. The molecule has 0 unspecified atom stereocenters. The minimum absolute atomic E-state index is 0.197. The molecule has 0 radical (unpaired) electrons. The number of sulfonamides is 1. The fraction of sp³-hybridized carbons (Fsp3) is 0.263. The summed E-state index contributed by atoms with van der Waals surface area (Å²) in [6.07, 6.45) is 0.879. The maximum atomic E-state index is 13.3. The summed E-state index contributed by atoms with van der Waals surface area (Å²) < 4.78 is 33.0. The topological polar surface area (TPSA) is 75.6 Å². The van der Waals surface area contributed by atoms with Crippen LogP contribution in [0.25, 0.3) is 11.0 Å². The number of rotatable bonds is 5. The first-order valence-electron chi connectivity index (χ1n) is 8.73. The van der Waals surface area contributed by atoms with Crippen LogP contribution in [0.5, 0.6) is 5.75 Å². The van der Waals surface area contributed by atoms with Gasteiger partial charge in [0.15, 0.2) is 11.6 Å². The number of ether oxygens (including phenoxy) is 1. The predicted octanol–water partition coefficient (Wildman–Crippen LogP) is 3.02. The Balaban J connectivity index is 1.83. The number of fused-ring (bicyclic) bond motifs is 2. The third-order valence-electron chi connectivity index (χ3n) is 4.51. The van der Waals surface area contributed by atoms with Gasteiger partial charge in [-0.15, -0.1) is 0 Å². The van der Waals surface area contributed by atoms with Gasteiger partial charge >= 0.3 is 0 Å². The van der Waals surface area contributed by atoms with Crippen LogP contribution in [-0.2, 0) is 10.0 Å². The highest BCUT2D eigenvalue weighted by Crippen LogP contribution is 2.37. The molecule has 1 aliphatic heterocycles. The van der Waals surface area contributed by atoms with Gasteiger partial charge in [-0.3, -0.25) is 0 Å². The smallest absolute Gasteiger partial charge is 0.267 e. The third-order valence-corrected chi connectivity index (χ3v) is 6.25. The van der Waals surface area contributed by atoms with Crippen LogP contribution in [-0.4, -0.2) is 38.7 Å². The maximum absolute atomic E-state index is 13.3. The van der Waals surface area contributed by atoms with E-state index in [4.69, 9.17) is 4.74 Å². The van der Waals surface area contributed by atoms with E-state index in [0.717, 1.165) is 11.9 Å². The molecule has 3 aromatic rings. The van der Waals surface area contributed by atoms with Crippen LogP contribution in [0.3, 0.4) is 0 Å². The van der Waals surface area contributed by atoms with Crippen LogP contribution in [0.2, 0.25) is 0 Å². The molecule has 0 saturated heterocycles. The Bertz CT molecular complexity index is 1080. The van der Waals surface area contributed by atoms with Crippen molar-refractivity contribution in [2.75, 3.05) is 29.5 Å². The molecule has 140 valence electrons. The molecular formula is C19H20N4O3S. The summed E-state index contributed by atoms with van der Waals surface area (Å²) in [7, 11) is -2.22. The number of hydrogen-bond acceptors (Lipinski definition) is 6. The molecule has 2 aromatic carbocycles. The van der Waals surface area contributed by atoms with Crippen molar-refractivity contribution in [1.82, 2.24) is 9.97 Å². The maximum Gasteiger partial charge on any atom is 0.267 e. The molecule has 1 aromatic heterocycles. The minimum atomic E-state index is -3.76. The van der Waals surface area contributed by atoms with Crippen molar-refractivity contribution in [3.8, 4) is 5.75 Å². The van der Waals surface area contributed by atoms with Crippen LogP contribution in [0.15, 0.2) is 53.4 Å². The van der Waals surface area contributed by atoms with Gasteiger partial charge in [0.1, 0.15) is 12.4 Å². The van der Waals surface area contributed by atoms with Gasteiger partial charge in [0.2, 0.25) is 0 Å². The Kier molecular flexibility index (Phi) is 4.35. The van der Waals surface area contributed by atoms with E-state index in [1.54, 1.807) is 31.4 Å². The van der Waals surface area contributed by atoms with Gasteiger partial charge in [0, 0.05) is 6.54 Å². The highest BCUT2D eigenvalue weighted by atomic mass is 32.2. The normalized spacial score (nSPS) is 13.9. The second-order valence-electron chi connectivity index (χ2n) is 6.29. The van der Waals surface area contributed by atoms with Crippen molar-refractivity contribution in [3.63, 3.8) is 0 Å². The van der Waals surface area contributed by atoms with Gasteiger partial charge in [-0.05, 0) is 42.8 Å². The second kappa shape index (κ2) is 6.70. The second-order valence-corrected chi connectivity index (χ2v) is 8.16. The van der Waals surface area contributed by atoms with Gasteiger partial charge < -0.3 is 9.64 Å². The van der Waals surface area contributed by atoms with Crippen LogP contribution in [0.1, 0.15) is 13.3 Å². The van der Waals surface area contributed by atoms with Crippen molar-refractivity contribution in [2.45, 2.75) is 18.2 Å². The molecular weight excluding hydrogens is 364 g/mol. The van der Waals surface area contributed by atoms with E-state index in [9.17, 15) is 8.42 Å². The molecule has 0 spiro atoms. The summed E-state index contributed by atoms with van der Waals surface area (Å²) in [6, 6.07) is 13.9. The molecule has 1 aliphatic rings. The molecule has 8 heteroatoms. The number of nitrogens with zero attached hydrogens (tertiary/aromatic N) is 4. The lowest BCUT2D eigenvalue weighted by Crippen LogP contribution is -2.36. The zero-order chi connectivity index (χ0) is 19.0. The average molecular weight is 384 g/mol. The molecule has 4 rings (SSSR count). The van der Waals surface area contributed by atoms with E-state index < -0.39 is 10.0 Å². The van der Waals surface area contributed by atoms with Gasteiger partial charge in [0.25, 0.3) is 10.0 Å². The van der Waals surface area contributed by atoms with Crippen molar-refractivity contribution in [1.29, 1.82) is 0 Å². The largest absolute Gasteiger partial charge is 0.497 e. The summed E-state index contributed by atoms with van der Waals surface area (Å²) in [4.78, 5) is 11.4. The zero-order valence-electron chi connectivity index (χ0n) is 15.2. The van der Waals surface area contributed by atoms with E-state index in [2.05, 4.69) is 16.9 Å². The molecule has 0 N–H and O–H groups in total. The summed E-state index contributed by atoms with van der Waals surface area (Å²) in [5.74, 6) is 1.58. The fourth-order valence-electron chi connectivity index (χ4n) is 3.16. The molecule has 0 atom stereocenters. The summed E-state index contributed by atoms with van der Waals surface area (Å²) >= 11 is 0. The Morgan fingerprint density at radius 3 is 2.22 bits per heavy atom. The fourth-order valence-corrected chi connectivity index (χ4v) is 4.54. The van der Waals surface area contributed by atoms with Crippen molar-refractivity contribution in [3.05, 3.63) is 48.5 Å². The monoisotopic (exact) mass is 384 g/mol. The number of benzene rings is 2. The van der Waals surface area contributed by atoms with Crippen molar-refractivity contribution in [2.24, 2.45) is 0 Å². The quantitative estimate of drug-likeness (QED) is 0.673. The number of anilines is 2. The van der Waals surface area contributed by atoms with Crippen molar-refractivity contribution >= 4 is 32.7 Å². The van der Waals surface area contributed by atoms with Crippen LogP contribution < -0.4 is 13.9 Å². The lowest BCUT2D eigenvalue weighted by Gasteiger charge is -2.20. The van der Waals surface area contributed by atoms with Crippen LogP contribution in [0, 0.1) is 0 Å². The van der Waals surface area contributed by atoms with Gasteiger partial charge in [0.05, 0.1) is 23.0 Å². The van der Waals surface area contributed by atoms with E-state index in [-0.39, 0.29) is 11.6 Å². The first-order valence-corrected chi connectivity index (χ1v) is 10.2. The summed E-state index contributed by atoms with van der Waals surface area (Å²) in [5, 5.41) is 0. The number of para-hydroxylation sites is 2. The molecule has 0 fully saturated rings. The van der Waals surface area contributed by atoms with E-state index in [1.165, 1.54) is 4.31 Å². The van der Waals surface area contributed by atoms with Gasteiger partial charge in [-0.1, -0.05) is 19.1 Å². The Morgan fingerprint density at radius 1 is 1.00 bits per heavy atom. The Labute approximate surface area is 158 Å². The van der Waals surface area contributed by atoms with Gasteiger partial charge in [-0.25, -0.2) is 22.7 Å². The van der Waals surface area contributed by atoms with E-state index >= 15 is 0 Å². The molecule has 27 heavy (non-hydrogen) atoms. The average Bonchev–Trinajstić information content (AvgIpc) is 3.05. The molecule has 0 bridgehead atoms. The highest BCUT2D eigenvalue weighted by Gasteiger charge is 2.37. The minimum Gasteiger partial charge on any atom is -0.497 e. The molecule has 2 heterocycles.